The summed E-state index contributed by atoms with van der Waals surface area (Å²) in [7, 11) is 0. The highest BCUT2D eigenvalue weighted by molar-refractivity contribution is 6.03. The van der Waals surface area contributed by atoms with Crippen LogP contribution in [0.15, 0.2) is 66.9 Å². The summed E-state index contributed by atoms with van der Waals surface area (Å²) < 4.78 is 57.5. The first kappa shape index (κ1) is 37.1. The molecule has 0 spiro atoms. The predicted molar refractivity (Wildman–Crippen MR) is 199 cm³/mol. The minimum atomic E-state index is -2.92. The van der Waals surface area contributed by atoms with Gasteiger partial charge in [0.25, 0.3) is 6.43 Å². The molecular weight excluding hydrogens is 696 g/mol. The lowest BCUT2D eigenvalue weighted by Crippen LogP contribution is -2.49. The van der Waals surface area contributed by atoms with Gasteiger partial charge in [-0.15, -0.1) is 0 Å². The minimum absolute atomic E-state index is 0.0547. The van der Waals surface area contributed by atoms with E-state index in [-0.39, 0.29) is 35.5 Å². The highest BCUT2D eigenvalue weighted by atomic mass is 19.3. The molecule has 2 aliphatic heterocycles. The second-order valence-corrected chi connectivity index (χ2v) is 14.8. The highest BCUT2D eigenvalue weighted by Crippen LogP contribution is 2.39. The molecule has 2 saturated heterocycles. The molecule has 8 nitrogen and oxygen atoms in total. The standard InChI is InChI=1S/C42H42F4N6O2/c1-23-17-29(42(4)14-11-36(53)51-41(42)54)19-33(43)37(23)27-12-15-52(16-13-27)22-26-7-5-8-28(18-26)34-20-32-35(21-47-34)49-25(3)50-40(32)48-24(2)30-9-6-10-31(38(30)44)39(45)46/h5-10,17-21,24,27,39H,11-16,22H2,1-4H3,(H,48,49,50)(H,51,53,54)/t24-,42-/m1/s1. The van der Waals surface area contributed by atoms with Crippen molar-refractivity contribution in [3.63, 3.8) is 0 Å². The number of nitrogens with zero attached hydrogens (tertiary/aromatic N) is 4. The van der Waals surface area contributed by atoms with Gasteiger partial charge in [0.15, 0.2) is 0 Å². The molecule has 7 rings (SSSR count). The molecule has 2 fully saturated rings. The number of carbonyl (C=O) groups excluding carboxylic acids is 2. The molecule has 54 heavy (non-hydrogen) atoms. The van der Waals surface area contributed by atoms with Crippen molar-refractivity contribution >= 4 is 28.5 Å². The first-order chi connectivity index (χ1) is 25.8. The third-order valence-electron chi connectivity index (χ3n) is 11.0. The molecular formula is C42H42F4N6O2. The molecule has 2 atom stereocenters. The molecule has 2 aliphatic rings. The fourth-order valence-corrected chi connectivity index (χ4v) is 7.91. The second kappa shape index (κ2) is 14.9. The summed E-state index contributed by atoms with van der Waals surface area (Å²) in [5.74, 6) is -0.940. The molecule has 2 aromatic heterocycles. The average molecular weight is 739 g/mol. The van der Waals surface area contributed by atoms with Crippen molar-refractivity contribution in [1.82, 2.24) is 25.2 Å². The Hall–Kier alpha value is -5.23. The number of alkyl halides is 2. The lowest BCUT2D eigenvalue weighted by atomic mass is 9.74. The number of amides is 2. The predicted octanol–water partition coefficient (Wildman–Crippen LogP) is 8.77. The smallest absolute Gasteiger partial charge is 0.266 e. The van der Waals surface area contributed by atoms with E-state index in [2.05, 4.69) is 42.6 Å². The molecule has 0 saturated carbocycles. The number of imide groups is 1. The topological polar surface area (TPSA) is 100 Å². The van der Waals surface area contributed by atoms with Crippen molar-refractivity contribution in [3.8, 4) is 11.3 Å². The number of carbonyl (C=O) groups is 2. The molecule has 5 aromatic rings. The number of aromatic nitrogens is 3. The summed E-state index contributed by atoms with van der Waals surface area (Å²) in [5.41, 5.74) is 3.92. The van der Waals surface area contributed by atoms with Gasteiger partial charge in [0.2, 0.25) is 11.8 Å². The number of hydrogen-bond donors (Lipinski definition) is 2. The molecule has 280 valence electrons. The number of aryl methyl sites for hydroxylation is 2. The molecule has 0 bridgehead atoms. The van der Waals surface area contributed by atoms with Crippen LogP contribution >= 0.6 is 0 Å². The number of nitrogens with one attached hydrogen (secondary N) is 2. The monoisotopic (exact) mass is 738 g/mol. The van der Waals surface area contributed by atoms with Crippen LogP contribution < -0.4 is 10.6 Å². The van der Waals surface area contributed by atoms with Gasteiger partial charge in [0, 0.05) is 29.5 Å². The SMILES string of the molecule is Cc1nc(N[C@H](C)c2cccc(C(F)F)c2F)c2cc(-c3cccc(CN4CCC(c5c(C)cc([C@@]6(C)CCC(=O)NC6=O)cc5F)CC4)c3)ncc2n1. The Morgan fingerprint density at radius 3 is 2.44 bits per heavy atom. The summed E-state index contributed by atoms with van der Waals surface area (Å²) in [6.45, 7) is 9.39. The Balaban J connectivity index is 1.05. The van der Waals surface area contributed by atoms with Crippen LogP contribution in [0.1, 0.15) is 97.1 Å². The lowest BCUT2D eigenvalue weighted by Gasteiger charge is -2.35. The maximum atomic E-state index is 15.7. The van der Waals surface area contributed by atoms with Crippen LogP contribution in [-0.2, 0) is 21.5 Å². The zero-order valence-corrected chi connectivity index (χ0v) is 30.6. The van der Waals surface area contributed by atoms with Crippen LogP contribution in [-0.4, -0.2) is 44.8 Å². The summed E-state index contributed by atoms with van der Waals surface area (Å²) in [6.07, 6.45) is 0.905. The van der Waals surface area contributed by atoms with E-state index >= 15 is 4.39 Å². The van der Waals surface area contributed by atoms with E-state index in [1.807, 2.05) is 31.2 Å². The Morgan fingerprint density at radius 1 is 0.981 bits per heavy atom. The fraction of sp³-hybridized carbons (Fsp3) is 0.357. The molecule has 2 amide bonds. The van der Waals surface area contributed by atoms with Crippen molar-refractivity contribution in [1.29, 1.82) is 0 Å². The van der Waals surface area contributed by atoms with Crippen LogP contribution in [0.3, 0.4) is 0 Å². The van der Waals surface area contributed by atoms with Crippen LogP contribution in [0, 0.1) is 25.5 Å². The minimum Gasteiger partial charge on any atom is -0.363 e. The number of anilines is 1. The quantitative estimate of drug-likeness (QED) is 0.115. The van der Waals surface area contributed by atoms with Gasteiger partial charge in [0.1, 0.15) is 23.3 Å². The van der Waals surface area contributed by atoms with Crippen molar-refractivity contribution in [3.05, 3.63) is 118 Å². The number of hydrogen-bond acceptors (Lipinski definition) is 7. The molecule has 0 aliphatic carbocycles. The van der Waals surface area contributed by atoms with Crippen LogP contribution in [0.25, 0.3) is 22.2 Å². The van der Waals surface area contributed by atoms with Gasteiger partial charge in [-0.05, 0) is 106 Å². The van der Waals surface area contributed by atoms with Gasteiger partial charge in [-0.25, -0.2) is 27.5 Å². The van der Waals surface area contributed by atoms with E-state index in [1.165, 1.54) is 18.2 Å². The largest absolute Gasteiger partial charge is 0.363 e. The summed E-state index contributed by atoms with van der Waals surface area (Å²) in [4.78, 5) is 40.6. The molecule has 3 aromatic carbocycles. The molecule has 0 unspecified atom stereocenters. The van der Waals surface area contributed by atoms with Crippen molar-refractivity contribution < 1.29 is 27.2 Å². The Labute approximate surface area is 311 Å². The Morgan fingerprint density at radius 2 is 1.72 bits per heavy atom. The van der Waals surface area contributed by atoms with Crippen molar-refractivity contribution in [2.24, 2.45) is 0 Å². The van der Waals surface area contributed by atoms with Gasteiger partial charge in [-0.3, -0.25) is 24.8 Å². The summed E-state index contributed by atoms with van der Waals surface area (Å²) in [5, 5.41) is 6.29. The molecule has 12 heteroatoms. The van der Waals surface area contributed by atoms with E-state index in [4.69, 9.17) is 0 Å². The number of fused-ring (bicyclic) bond motifs is 1. The van der Waals surface area contributed by atoms with Gasteiger partial charge in [0.05, 0.1) is 34.4 Å². The molecule has 2 N–H and O–H groups in total. The number of benzene rings is 3. The van der Waals surface area contributed by atoms with Crippen LogP contribution in [0.4, 0.5) is 23.4 Å². The maximum Gasteiger partial charge on any atom is 0.266 e. The highest BCUT2D eigenvalue weighted by Gasteiger charge is 2.41. The molecule has 0 radical (unpaired) electrons. The zero-order chi connectivity index (χ0) is 38.3. The third-order valence-corrected chi connectivity index (χ3v) is 11.0. The third kappa shape index (κ3) is 7.31. The van der Waals surface area contributed by atoms with E-state index < -0.39 is 29.3 Å². The maximum absolute atomic E-state index is 15.7. The van der Waals surface area contributed by atoms with E-state index in [0.29, 0.717) is 52.3 Å². The number of halogens is 4. The number of rotatable bonds is 9. The number of likely N-dealkylation sites (tertiary alicyclic amines) is 1. The first-order valence-electron chi connectivity index (χ1n) is 18.2. The van der Waals surface area contributed by atoms with E-state index in [0.717, 1.165) is 48.7 Å². The zero-order valence-electron chi connectivity index (χ0n) is 30.6. The van der Waals surface area contributed by atoms with Gasteiger partial charge >= 0.3 is 0 Å². The van der Waals surface area contributed by atoms with Gasteiger partial charge in [-0.1, -0.05) is 42.5 Å². The fourth-order valence-electron chi connectivity index (χ4n) is 7.91. The second-order valence-electron chi connectivity index (χ2n) is 14.8. The average Bonchev–Trinajstić information content (AvgIpc) is 3.13. The Kier molecular flexibility index (Phi) is 10.2. The van der Waals surface area contributed by atoms with E-state index in [1.54, 1.807) is 27.0 Å². The Bertz CT molecular complexity index is 2230. The van der Waals surface area contributed by atoms with Crippen LogP contribution in [0.2, 0.25) is 0 Å². The first-order valence-corrected chi connectivity index (χ1v) is 18.2. The summed E-state index contributed by atoms with van der Waals surface area (Å²) in [6, 6.07) is 16.7. The van der Waals surface area contributed by atoms with E-state index in [9.17, 15) is 22.8 Å². The normalized spacial score (nSPS) is 19.0. The van der Waals surface area contributed by atoms with Crippen LogP contribution in [0.5, 0.6) is 0 Å². The van der Waals surface area contributed by atoms with Crippen molar-refractivity contribution in [2.75, 3.05) is 18.4 Å². The van der Waals surface area contributed by atoms with Crippen molar-refractivity contribution in [2.45, 2.75) is 83.7 Å². The van der Waals surface area contributed by atoms with Gasteiger partial charge < -0.3 is 5.32 Å². The van der Waals surface area contributed by atoms with Gasteiger partial charge in [-0.2, -0.15) is 0 Å². The number of pyridine rings is 1. The molecule has 4 heterocycles. The lowest BCUT2D eigenvalue weighted by molar-refractivity contribution is -0.137. The summed E-state index contributed by atoms with van der Waals surface area (Å²) >= 11 is 0. The number of piperidine rings is 2.